The first-order valence-corrected chi connectivity index (χ1v) is 10.1. The summed E-state index contributed by atoms with van der Waals surface area (Å²) in [5.41, 5.74) is 2.77. The van der Waals surface area contributed by atoms with E-state index in [1.165, 1.54) is 23.9 Å². The first-order valence-electron chi connectivity index (χ1n) is 9.23. The lowest BCUT2D eigenvalue weighted by Crippen LogP contribution is -2.24. The number of carbonyl (C=O) groups is 1. The molecule has 1 unspecified atom stereocenters. The van der Waals surface area contributed by atoms with Gasteiger partial charge in [-0.25, -0.2) is 9.38 Å². The van der Waals surface area contributed by atoms with Crippen LogP contribution in [0.25, 0.3) is 0 Å². The number of amidine groups is 1. The normalized spacial score (nSPS) is 21.3. The average Bonchev–Trinajstić information content (AvgIpc) is 3.08. The van der Waals surface area contributed by atoms with E-state index in [2.05, 4.69) is 10.3 Å². The molecule has 1 N–H and O–H groups in total. The SMILES string of the molecule is O=C1NC(=Nc2ccc(F)cc2)SC1C=C1C=CC(OCc2ccccc2)=CC1. The molecule has 0 spiro atoms. The van der Waals surface area contributed by atoms with E-state index < -0.39 is 0 Å². The number of amides is 1. The van der Waals surface area contributed by atoms with E-state index >= 15 is 0 Å². The molecule has 0 aromatic heterocycles. The maximum atomic E-state index is 13.0. The number of rotatable bonds is 5. The van der Waals surface area contributed by atoms with Gasteiger partial charge in [-0.3, -0.25) is 4.79 Å². The van der Waals surface area contributed by atoms with E-state index in [9.17, 15) is 9.18 Å². The van der Waals surface area contributed by atoms with Gasteiger partial charge in [0, 0.05) is 0 Å². The molecular weight excluding hydrogens is 387 g/mol. The van der Waals surface area contributed by atoms with Crippen LogP contribution in [-0.4, -0.2) is 16.3 Å². The zero-order valence-corrected chi connectivity index (χ0v) is 16.4. The highest BCUT2D eigenvalue weighted by Gasteiger charge is 2.28. The van der Waals surface area contributed by atoms with Gasteiger partial charge in [0.2, 0.25) is 5.91 Å². The molecule has 1 aliphatic heterocycles. The van der Waals surface area contributed by atoms with Gasteiger partial charge < -0.3 is 10.1 Å². The molecule has 146 valence electrons. The smallest absolute Gasteiger partial charge is 0.243 e. The Kier molecular flexibility index (Phi) is 5.91. The van der Waals surface area contributed by atoms with Crippen LogP contribution < -0.4 is 5.32 Å². The number of nitrogens with one attached hydrogen (secondary N) is 1. The van der Waals surface area contributed by atoms with E-state index in [4.69, 9.17) is 4.74 Å². The van der Waals surface area contributed by atoms with Crippen molar-refractivity contribution in [2.45, 2.75) is 18.3 Å². The third-order valence-corrected chi connectivity index (χ3v) is 5.42. The summed E-state index contributed by atoms with van der Waals surface area (Å²) < 4.78 is 18.8. The van der Waals surface area contributed by atoms with Gasteiger partial charge in [0.1, 0.15) is 23.4 Å². The van der Waals surface area contributed by atoms with E-state index in [0.29, 0.717) is 23.9 Å². The molecule has 1 saturated heterocycles. The highest BCUT2D eigenvalue weighted by atomic mass is 32.2. The number of halogens is 1. The van der Waals surface area contributed by atoms with Crippen molar-refractivity contribution in [2.24, 2.45) is 4.99 Å². The Hall–Kier alpha value is -3.12. The molecule has 4 nitrogen and oxygen atoms in total. The number of nitrogens with zero attached hydrogens (tertiary/aromatic N) is 1. The fourth-order valence-corrected chi connectivity index (χ4v) is 3.85. The van der Waals surface area contributed by atoms with Crippen molar-refractivity contribution >= 4 is 28.5 Å². The average molecular weight is 406 g/mol. The molecule has 6 heteroatoms. The molecule has 29 heavy (non-hydrogen) atoms. The maximum absolute atomic E-state index is 13.0. The predicted molar refractivity (Wildman–Crippen MR) is 114 cm³/mol. The second kappa shape index (κ2) is 8.92. The van der Waals surface area contributed by atoms with Gasteiger partial charge >= 0.3 is 0 Å². The van der Waals surface area contributed by atoms with Crippen LogP contribution >= 0.6 is 11.8 Å². The lowest BCUT2D eigenvalue weighted by Gasteiger charge is -2.12. The van der Waals surface area contributed by atoms with Crippen molar-refractivity contribution in [3.63, 3.8) is 0 Å². The first-order chi connectivity index (χ1) is 14.2. The summed E-state index contributed by atoms with van der Waals surface area (Å²) in [6.45, 7) is 0.528. The van der Waals surface area contributed by atoms with E-state index in [0.717, 1.165) is 16.9 Å². The van der Waals surface area contributed by atoms with Crippen LogP contribution in [0.4, 0.5) is 10.1 Å². The number of thioether (sulfide) groups is 1. The second-order valence-corrected chi connectivity index (χ2v) is 7.71. The van der Waals surface area contributed by atoms with Gasteiger partial charge in [-0.1, -0.05) is 54.2 Å². The Labute approximate surface area is 172 Å². The van der Waals surface area contributed by atoms with Gasteiger partial charge in [0.25, 0.3) is 0 Å². The van der Waals surface area contributed by atoms with Crippen LogP contribution in [0.2, 0.25) is 0 Å². The zero-order chi connectivity index (χ0) is 20.1. The number of allylic oxidation sites excluding steroid dienone is 4. The first kappa shape index (κ1) is 19.2. The monoisotopic (exact) mass is 406 g/mol. The van der Waals surface area contributed by atoms with Crippen LogP contribution in [0.5, 0.6) is 0 Å². The van der Waals surface area contributed by atoms with Crippen LogP contribution in [0.1, 0.15) is 12.0 Å². The number of aliphatic imine (C=N–C) groups is 1. The highest BCUT2D eigenvalue weighted by Crippen LogP contribution is 2.27. The van der Waals surface area contributed by atoms with Gasteiger partial charge in [-0.15, -0.1) is 0 Å². The standard InChI is InChI=1S/C23H19FN2O2S/c24-18-8-10-19(11-9-18)25-23-26-22(27)21(29-23)14-16-6-12-20(13-7-16)28-15-17-4-2-1-3-5-17/h1-6,8-14,21H,7,15H2,(H,25,26,27). The number of hydrogen-bond acceptors (Lipinski definition) is 4. The minimum atomic E-state index is -0.339. The van der Waals surface area contributed by atoms with Gasteiger partial charge in [-0.05, 0) is 54.0 Å². The van der Waals surface area contributed by atoms with E-state index in [1.54, 1.807) is 12.1 Å². The third-order valence-electron chi connectivity index (χ3n) is 4.40. The molecule has 0 bridgehead atoms. The topological polar surface area (TPSA) is 50.7 Å². The fraction of sp³-hybridized carbons (Fsp3) is 0.130. The number of ether oxygens (including phenoxy) is 1. The van der Waals surface area contributed by atoms with Crippen molar-refractivity contribution in [1.29, 1.82) is 0 Å². The molecular formula is C23H19FN2O2S. The molecule has 4 rings (SSSR count). The van der Waals surface area contributed by atoms with Crippen molar-refractivity contribution in [3.8, 4) is 0 Å². The second-order valence-electron chi connectivity index (χ2n) is 6.58. The van der Waals surface area contributed by atoms with Crippen LogP contribution in [0.15, 0.2) is 95.2 Å². The summed E-state index contributed by atoms with van der Waals surface area (Å²) in [5, 5.41) is 2.96. The van der Waals surface area contributed by atoms with Gasteiger partial charge in [0.15, 0.2) is 5.17 Å². The maximum Gasteiger partial charge on any atom is 0.243 e. The number of benzene rings is 2. The summed E-state index contributed by atoms with van der Waals surface area (Å²) in [7, 11) is 0. The molecule has 2 aromatic rings. The highest BCUT2D eigenvalue weighted by molar-refractivity contribution is 8.15. The van der Waals surface area contributed by atoms with Crippen molar-refractivity contribution < 1.29 is 13.9 Å². The molecule has 1 fully saturated rings. The fourth-order valence-electron chi connectivity index (χ4n) is 2.89. The molecule has 0 saturated carbocycles. The van der Waals surface area contributed by atoms with Gasteiger partial charge in [0.05, 0.1) is 5.69 Å². The zero-order valence-electron chi connectivity index (χ0n) is 15.5. The van der Waals surface area contributed by atoms with Gasteiger partial charge in [-0.2, -0.15) is 0 Å². The third kappa shape index (κ3) is 5.23. The number of carbonyl (C=O) groups excluding carboxylic acids is 1. The summed E-state index contributed by atoms with van der Waals surface area (Å²) in [6, 6.07) is 15.9. The van der Waals surface area contributed by atoms with Crippen molar-refractivity contribution in [1.82, 2.24) is 5.32 Å². The molecule has 1 amide bonds. The summed E-state index contributed by atoms with van der Waals surface area (Å²) >= 11 is 1.35. The Bertz CT molecular complexity index is 1010. The molecule has 2 aliphatic rings. The van der Waals surface area contributed by atoms with Crippen LogP contribution in [0, 0.1) is 5.82 Å². The van der Waals surface area contributed by atoms with Crippen LogP contribution in [-0.2, 0) is 16.1 Å². The summed E-state index contributed by atoms with van der Waals surface area (Å²) in [6.07, 6.45) is 8.55. The lowest BCUT2D eigenvalue weighted by molar-refractivity contribution is -0.118. The minimum absolute atomic E-state index is 0.105. The quantitative estimate of drug-likeness (QED) is 0.758. The largest absolute Gasteiger partial charge is 0.489 e. The Morgan fingerprint density at radius 1 is 1.14 bits per heavy atom. The Balaban J connectivity index is 1.34. The molecule has 0 radical (unpaired) electrons. The summed E-state index contributed by atoms with van der Waals surface area (Å²) in [5.74, 6) is 0.406. The minimum Gasteiger partial charge on any atom is -0.489 e. The predicted octanol–water partition coefficient (Wildman–Crippen LogP) is 5.03. The lowest BCUT2D eigenvalue weighted by atomic mass is 10.1. The molecule has 1 heterocycles. The van der Waals surface area contributed by atoms with E-state index in [1.807, 2.05) is 54.6 Å². The van der Waals surface area contributed by atoms with Crippen molar-refractivity contribution in [2.75, 3.05) is 0 Å². The Morgan fingerprint density at radius 2 is 1.93 bits per heavy atom. The molecule has 1 aliphatic carbocycles. The molecule has 1 atom stereocenters. The van der Waals surface area contributed by atoms with E-state index in [-0.39, 0.29) is 17.0 Å². The number of hydrogen-bond donors (Lipinski definition) is 1. The molecule has 2 aromatic carbocycles. The Morgan fingerprint density at radius 3 is 2.66 bits per heavy atom. The summed E-state index contributed by atoms with van der Waals surface area (Å²) in [4.78, 5) is 16.6. The van der Waals surface area contributed by atoms with Crippen molar-refractivity contribution in [3.05, 3.63) is 102 Å². The van der Waals surface area contributed by atoms with Crippen LogP contribution in [0.3, 0.4) is 0 Å².